The molecule has 0 fully saturated rings. The SMILES string of the molecule is CCCNc1nc(Nc2ccc(C#N)cc2)ncc1C#CCCCNC(=O)[C@H](COC)NC(=O)/C=C/CN(C)C. The van der Waals surface area contributed by atoms with Crippen molar-refractivity contribution >= 4 is 29.3 Å². The van der Waals surface area contributed by atoms with Gasteiger partial charge in [-0.2, -0.15) is 10.2 Å². The van der Waals surface area contributed by atoms with Gasteiger partial charge in [0.1, 0.15) is 11.9 Å². The summed E-state index contributed by atoms with van der Waals surface area (Å²) in [6.45, 7) is 3.90. The molecular formula is C29H38N8O3. The highest BCUT2D eigenvalue weighted by molar-refractivity contribution is 5.93. The number of nitriles is 1. The van der Waals surface area contributed by atoms with Crippen molar-refractivity contribution in [2.24, 2.45) is 0 Å². The number of unbranched alkanes of at least 4 members (excludes halogenated alkanes) is 1. The largest absolute Gasteiger partial charge is 0.382 e. The number of carbonyl (C=O) groups is 2. The Morgan fingerprint density at radius 2 is 1.98 bits per heavy atom. The van der Waals surface area contributed by atoms with E-state index in [1.54, 1.807) is 36.5 Å². The van der Waals surface area contributed by atoms with Gasteiger partial charge in [-0.3, -0.25) is 9.59 Å². The molecule has 1 heterocycles. The number of anilines is 3. The third-order valence-corrected chi connectivity index (χ3v) is 5.31. The molecule has 11 heteroatoms. The van der Waals surface area contributed by atoms with Crippen molar-refractivity contribution in [3.63, 3.8) is 0 Å². The summed E-state index contributed by atoms with van der Waals surface area (Å²) in [5.41, 5.74) is 2.02. The van der Waals surface area contributed by atoms with E-state index in [4.69, 9.17) is 10.00 Å². The first-order valence-electron chi connectivity index (χ1n) is 13.1. The number of benzene rings is 1. The third kappa shape index (κ3) is 11.9. The molecule has 4 N–H and O–H groups in total. The molecule has 0 saturated heterocycles. The number of amides is 2. The van der Waals surface area contributed by atoms with Crippen molar-refractivity contribution < 1.29 is 14.3 Å². The molecule has 0 bridgehead atoms. The van der Waals surface area contributed by atoms with Crippen LogP contribution in [0.2, 0.25) is 0 Å². The van der Waals surface area contributed by atoms with Crippen molar-refractivity contribution in [2.75, 3.05) is 58.1 Å². The van der Waals surface area contributed by atoms with Crippen LogP contribution in [-0.4, -0.2) is 80.2 Å². The van der Waals surface area contributed by atoms with Crippen LogP contribution >= 0.6 is 0 Å². The number of rotatable bonds is 15. The van der Waals surface area contributed by atoms with Crippen LogP contribution in [0.4, 0.5) is 17.5 Å². The van der Waals surface area contributed by atoms with Gasteiger partial charge in [-0.25, -0.2) is 4.98 Å². The maximum absolute atomic E-state index is 12.5. The fraction of sp³-hybridized carbons (Fsp3) is 0.414. The highest BCUT2D eigenvalue weighted by Crippen LogP contribution is 2.17. The Morgan fingerprint density at radius 3 is 2.65 bits per heavy atom. The summed E-state index contributed by atoms with van der Waals surface area (Å²) in [5.74, 6) is 6.61. The van der Waals surface area contributed by atoms with Crippen LogP contribution in [0.3, 0.4) is 0 Å². The van der Waals surface area contributed by atoms with Gasteiger partial charge in [0.15, 0.2) is 0 Å². The lowest BCUT2D eigenvalue weighted by molar-refractivity contribution is -0.128. The Balaban J connectivity index is 1.90. The van der Waals surface area contributed by atoms with E-state index in [0.29, 0.717) is 48.8 Å². The average Bonchev–Trinajstić information content (AvgIpc) is 2.94. The zero-order valence-electron chi connectivity index (χ0n) is 23.6. The number of methoxy groups -OCH3 is 1. The number of nitrogens with one attached hydrogen (secondary N) is 4. The molecule has 2 aromatic rings. The molecule has 0 saturated carbocycles. The summed E-state index contributed by atoms with van der Waals surface area (Å²) in [6, 6.07) is 8.34. The quantitative estimate of drug-likeness (QED) is 0.150. The van der Waals surface area contributed by atoms with Crippen LogP contribution in [-0.2, 0) is 14.3 Å². The normalized spacial score (nSPS) is 11.3. The molecule has 1 atom stereocenters. The number of carbonyl (C=O) groups excluding carboxylic acids is 2. The molecule has 0 spiro atoms. The van der Waals surface area contributed by atoms with E-state index in [0.717, 1.165) is 18.7 Å². The first kappa shape index (κ1) is 31.8. The molecule has 0 aliphatic carbocycles. The van der Waals surface area contributed by atoms with E-state index in [2.05, 4.69) is 56.1 Å². The summed E-state index contributed by atoms with van der Waals surface area (Å²) >= 11 is 0. The van der Waals surface area contributed by atoms with E-state index in [1.165, 1.54) is 13.2 Å². The lowest BCUT2D eigenvalue weighted by Crippen LogP contribution is -2.49. The summed E-state index contributed by atoms with van der Waals surface area (Å²) in [7, 11) is 5.28. The summed E-state index contributed by atoms with van der Waals surface area (Å²) in [5, 5.41) is 20.9. The van der Waals surface area contributed by atoms with Crippen molar-refractivity contribution in [3.05, 3.63) is 53.7 Å². The number of hydrogen-bond acceptors (Lipinski definition) is 9. The number of nitrogens with zero attached hydrogens (tertiary/aromatic N) is 4. The second-order valence-electron chi connectivity index (χ2n) is 9.07. The summed E-state index contributed by atoms with van der Waals surface area (Å²) < 4.78 is 5.09. The van der Waals surface area contributed by atoms with E-state index in [-0.39, 0.29) is 18.4 Å². The van der Waals surface area contributed by atoms with Crippen LogP contribution in [0.15, 0.2) is 42.6 Å². The van der Waals surface area contributed by atoms with Crippen molar-refractivity contribution in [3.8, 4) is 17.9 Å². The fourth-order valence-electron chi connectivity index (χ4n) is 3.28. The Hall–Kier alpha value is -4.45. The average molecular weight is 547 g/mol. The fourth-order valence-corrected chi connectivity index (χ4v) is 3.28. The zero-order chi connectivity index (χ0) is 29.2. The molecule has 212 valence electrons. The monoisotopic (exact) mass is 546 g/mol. The Kier molecular flexibility index (Phi) is 14.3. The van der Waals surface area contributed by atoms with Crippen molar-refractivity contribution in [2.45, 2.75) is 32.2 Å². The van der Waals surface area contributed by atoms with Crippen LogP contribution in [0.25, 0.3) is 0 Å². The highest BCUT2D eigenvalue weighted by Gasteiger charge is 2.19. The smallest absolute Gasteiger partial charge is 0.244 e. The second-order valence-corrected chi connectivity index (χ2v) is 9.07. The molecule has 1 aromatic heterocycles. The van der Waals surface area contributed by atoms with Gasteiger partial charge in [0.2, 0.25) is 17.8 Å². The molecule has 2 rings (SSSR count). The number of likely N-dealkylation sites (N-methyl/N-ethyl adjacent to an activating group) is 1. The lowest BCUT2D eigenvalue weighted by Gasteiger charge is -2.16. The van der Waals surface area contributed by atoms with Gasteiger partial charge < -0.3 is 30.9 Å². The topological polar surface area (TPSA) is 144 Å². The van der Waals surface area contributed by atoms with Gasteiger partial charge in [0.25, 0.3) is 0 Å². The van der Waals surface area contributed by atoms with Gasteiger partial charge in [0, 0.05) is 44.9 Å². The van der Waals surface area contributed by atoms with E-state index in [9.17, 15) is 9.59 Å². The third-order valence-electron chi connectivity index (χ3n) is 5.31. The first-order valence-corrected chi connectivity index (χ1v) is 13.1. The Labute approximate surface area is 236 Å². The van der Waals surface area contributed by atoms with Crippen molar-refractivity contribution in [1.29, 1.82) is 5.26 Å². The predicted molar refractivity (Wildman–Crippen MR) is 156 cm³/mol. The van der Waals surface area contributed by atoms with E-state index < -0.39 is 6.04 Å². The summed E-state index contributed by atoms with van der Waals surface area (Å²) in [6.07, 6.45) is 6.90. The molecule has 0 radical (unpaired) electrons. The number of ether oxygens (including phenoxy) is 1. The van der Waals surface area contributed by atoms with Crippen LogP contribution in [0, 0.1) is 23.2 Å². The summed E-state index contributed by atoms with van der Waals surface area (Å²) in [4.78, 5) is 35.5. The van der Waals surface area contributed by atoms with Crippen LogP contribution in [0.5, 0.6) is 0 Å². The molecule has 0 aliphatic heterocycles. The Morgan fingerprint density at radius 1 is 1.20 bits per heavy atom. The van der Waals surface area contributed by atoms with Gasteiger partial charge in [-0.15, -0.1) is 0 Å². The second kappa shape index (κ2) is 17.9. The molecule has 2 amide bonds. The van der Waals surface area contributed by atoms with Gasteiger partial charge in [-0.1, -0.05) is 24.8 Å². The minimum atomic E-state index is -0.784. The van der Waals surface area contributed by atoms with Crippen molar-refractivity contribution in [1.82, 2.24) is 25.5 Å². The van der Waals surface area contributed by atoms with E-state index in [1.807, 2.05) is 19.0 Å². The van der Waals surface area contributed by atoms with Crippen LogP contribution < -0.4 is 21.3 Å². The predicted octanol–water partition coefficient (Wildman–Crippen LogP) is 2.41. The molecule has 40 heavy (non-hydrogen) atoms. The molecule has 11 nitrogen and oxygen atoms in total. The van der Waals surface area contributed by atoms with E-state index >= 15 is 0 Å². The molecular weight excluding hydrogens is 508 g/mol. The zero-order valence-corrected chi connectivity index (χ0v) is 23.6. The van der Waals surface area contributed by atoms with Gasteiger partial charge in [0.05, 0.1) is 30.0 Å². The first-order chi connectivity index (χ1) is 19.4. The Bertz CT molecular complexity index is 1230. The van der Waals surface area contributed by atoms with Gasteiger partial charge >= 0.3 is 0 Å². The van der Waals surface area contributed by atoms with Crippen LogP contribution in [0.1, 0.15) is 37.3 Å². The highest BCUT2D eigenvalue weighted by atomic mass is 16.5. The minimum Gasteiger partial charge on any atom is -0.382 e. The number of hydrogen-bond donors (Lipinski definition) is 4. The van der Waals surface area contributed by atoms with Gasteiger partial charge in [-0.05, 0) is 51.2 Å². The molecule has 1 aromatic carbocycles. The maximum Gasteiger partial charge on any atom is 0.244 e. The molecule has 0 unspecified atom stereocenters. The minimum absolute atomic E-state index is 0.0719. The standard InChI is InChI=1S/C29H38N8O3/c1-5-16-31-27-23(20-33-29(36-27)34-24-14-12-22(19-30)13-15-24)10-7-6-8-17-32-28(39)25(21-40-4)35-26(38)11-9-18-37(2)3/h9,11-15,20,25H,5-6,8,16-18,21H2,1-4H3,(H,32,39)(H,35,38)(H2,31,33,34,36)/b11-9+/t25-/m0/s1. The maximum atomic E-state index is 12.5. The lowest BCUT2D eigenvalue weighted by atomic mass is 10.2. The number of aromatic nitrogens is 2. The molecule has 0 aliphatic rings.